The predicted octanol–water partition coefficient (Wildman–Crippen LogP) is 1.95. The highest BCUT2D eigenvalue weighted by Gasteiger charge is 2.21. The highest BCUT2D eigenvalue weighted by Crippen LogP contribution is 2.19. The van der Waals surface area contributed by atoms with Crippen LogP contribution in [0.3, 0.4) is 0 Å². The van der Waals surface area contributed by atoms with Crippen LogP contribution in [-0.2, 0) is 4.79 Å². The van der Waals surface area contributed by atoms with Gasteiger partial charge in [-0.25, -0.2) is 0 Å². The molecule has 1 heterocycles. The maximum Gasteiger partial charge on any atom is 0.320 e. The van der Waals surface area contributed by atoms with Crippen LogP contribution in [0.15, 0.2) is 0 Å². The molecule has 0 aromatic carbocycles. The minimum Gasteiger partial charge on any atom is -0.480 e. The third kappa shape index (κ3) is 5.36. The zero-order chi connectivity index (χ0) is 13.4. The lowest BCUT2D eigenvalue weighted by molar-refractivity contribution is -0.139. The Kier molecular flexibility index (Phi) is 7.28. The maximum absolute atomic E-state index is 11.1. The molecule has 1 aliphatic rings. The van der Waals surface area contributed by atoms with Gasteiger partial charge < -0.3 is 15.3 Å². The third-order valence-corrected chi connectivity index (χ3v) is 3.85. The Labute approximate surface area is 111 Å². The largest absolute Gasteiger partial charge is 0.480 e. The van der Waals surface area contributed by atoms with Crippen LogP contribution in [0, 0.1) is 5.92 Å². The number of nitrogens with zero attached hydrogens (tertiary/aromatic N) is 1. The lowest BCUT2D eigenvalue weighted by atomic mass is 9.95. The van der Waals surface area contributed by atoms with Gasteiger partial charge in [-0.2, -0.15) is 0 Å². The van der Waals surface area contributed by atoms with Crippen molar-refractivity contribution in [1.82, 2.24) is 10.2 Å². The van der Waals surface area contributed by atoms with Crippen molar-refractivity contribution in [3.63, 3.8) is 0 Å². The first-order valence-electron chi connectivity index (χ1n) is 7.35. The molecule has 106 valence electrons. The molecule has 2 atom stereocenters. The van der Waals surface area contributed by atoms with Crippen molar-refractivity contribution in [2.45, 2.75) is 52.0 Å². The molecule has 18 heavy (non-hydrogen) atoms. The zero-order valence-corrected chi connectivity index (χ0v) is 11.8. The molecule has 1 saturated heterocycles. The summed E-state index contributed by atoms with van der Waals surface area (Å²) in [5.41, 5.74) is 0. The number of carbonyl (C=O) groups is 1. The molecule has 0 aliphatic carbocycles. The zero-order valence-electron chi connectivity index (χ0n) is 11.8. The molecule has 0 radical (unpaired) electrons. The third-order valence-electron chi connectivity index (χ3n) is 3.85. The first kappa shape index (κ1) is 15.4. The van der Waals surface area contributed by atoms with E-state index in [1.807, 2.05) is 0 Å². The van der Waals surface area contributed by atoms with Crippen LogP contribution in [0.4, 0.5) is 0 Å². The van der Waals surface area contributed by atoms with Gasteiger partial charge in [0.1, 0.15) is 6.04 Å². The standard InChI is InChI=1S/C14H28N2O2/c1-3-8-15-13(14(17)18)7-10-16-9-5-6-12(4-2)11-16/h12-13,15H,3-11H2,1-2H3,(H,17,18). The van der Waals surface area contributed by atoms with E-state index in [4.69, 9.17) is 5.11 Å². The minimum atomic E-state index is -0.715. The van der Waals surface area contributed by atoms with E-state index in [2.05, 4.69) is 24.1 Å². The van der Waals surface area contributed by atoms with Gasteiger partial charge in [-0.15, -0.1) is 0 Å². The Balaban J connectivity index is 2.30. The van der Waals surface area contributed by atoms with Crippen LogP contribution in [-0.4, -0.2) is 48.2 Å². The molecule has 4 heteroatoms. The van der Waals surface area contributed by atoms with Crippen LogP contribution in [0.5, 0.6) is 0 Å². The summed E-state index contributed by atoms with van der Waals surface area (Å²) in [5.74, 6) is 0.0955. The van der Waals surface area contributed by atoms with E-state index >= 15 is 0 Å². The van der Waals surface area contributed by atoms with Gasteiger partial charge in [0.05, 0.1) is 0 Å². The van der Waals surface area contributed by atoms with E-state index in [1.165, 1.54) is 19.3 Å². The van der Waals surface area contributed by atoms with E-state index in [9.17, 15) is 4.79 Å². The summed E-state index contributed by atoms with van der Waals surface area (Å²) in [6.07, 6.45) is 5.53. The van der Waals surface area contributed by atoms with Gasteiger partial charge in [0, 0.05) is 13.1 Å². The molecular formula is C14H28N2O2. The van der Waals surface area contributed by atoms with Gasteiger partial charge in [-0.3, -0.25) is 4.79 Å². The quantitative estimate of drug-likeness (QED) is 0.697. The SMILES string of the molecule is CCCNC(CCN1CCCC(CC)C1)C(=O)O. The molecule has 2 N–H and O–H groups in total. The molecule has 1 aliphatic heterocycles. The Morgan fingerprint density at radius 3 is 2.89 bits per heavy atom. The van der Waals surface area contributed by atoms with Crippen molar-refractivity contribution >= 4 is 5.97 Å². The Morgan fingerprint density at radius 1 is 1.50 bits per heavy atom. The summed E-state index contributed by atoms with van der Waals surface area (Å²) in [6.45, 7) is 8.28. The number of aliphatic carboxylic acids is 1. The Bertz CT molecular complexity index is 246. The average Bonchev–Trinajstić information content (AvgIpc) is 2.38. The maximum atomic E-state index is 11.1. The molecule has 0 bridgehead atoms. The summed E-state index contributed by atoms with van der Waals surface area (Å²) < 4.78 is 0. The minimum absolute atomic E-state index is 0.382. The summed E-state index contributed by atoms with van der Waals surface area (Å²) in [6, 6.07) is -0.382. The highest BCUT2D eigenvalue weighted by atomic mass is 16.4. The van der Waals surface area contributed by atoms with Gasteiger partial charge in [0.2, 0.25) is 0 Å². The van der Waals surface area contributed by atoms with Crippen molar-refractivity contribution in [3.05, 3.63) is 0 Å². The molecule has 0 aromatic heterocycles. The van der Waals surface area contributed by atoms with E-state index in [0.29, 0.717) is 6.42 Å². The number of carboxylic acids is 1. The van der Waals surface area contributed by atoms with Crippen LogP contribution in [0.2, 0.25) is 0 Å². The first-order chi connectivity index (χ1) is 8.67. The molecule has 0 aromatic rings. The highest BCUT2D eigenvalue weighted by molar-refractivity contribution is 5.73. The second-order valence-electron chi connectivity index (χ2n) is 5.35. The molecule has 4 nitrogen and oxygen atoms in total. The smallest absolute Gasteiger partial charge is 0.320 e. The topological polar surface area (TPSA) is 52.6 Å². The molecule has 0 spiro atoms. The Morgan fingerprint density at radius 2 is 2.28 bits per heavy atom. The first-order valence-corrected chi connectivity index (χ1v) is 7.35. The fourth-order valence-corrected chi connectivity index (χ4v) is 2.63. The number of likely N-dealkylation sites (tertiary alicyclic amines) is 1. The van der Waals surface area contributed by atoms with Crippen LogP contribution < -0.4 is 5.32 Å². The van der Waals surface area contributed by atoms with Crippen molar-refractivity contribution in [2.24, 2.45) is 5.92 Å². The number of carboxylic acid groups (broad SMARTS) is 1. The predicted molar refractivity (Wildman–Crippen MR) is 73.8 cm³/mol. The van der Waals surface area contributed by atoms with Gasteiger partial charge in [-0.1, -0.05) is 20.3 Å². The van der Waals surface area contributed by atoms with E-state index in [0.717, 1.165) is 38.5 Å². The second-order valence-corrected chi connectivity index (χ2v) is 5.35. The number of nitrogens with one attached hydrogen (secondary N) is 1. The van der Waals surface area contributed by atoms with E-state index in [-0.39, 0.29) is 6.04 Å². The van der Waals surface area contributed by atoms with Crippen molar-refractivity contribution in [1.29, 1.82) is 0 Å². The average molecular weight is 256 g/mol. The fraction of sp³-hybridized carbons (Fsp3) is 0.929. The van der Waals surface area contributed by atoms with Gasteiger partial charge in [0.25, 0.3) is 0 Å². The van der Waals surface area contributed by atoms with Gasteiger partial charge in [-0.05, 0) is 44.7 Å². The molecule has 1 fully saturated rings. The summed E-state index contributed by atoms with van der Waals surface area (Å²) in [4.78, 5) is 13.5. The van der Waals surface area contributed by atoms with Crippen molar-refractivity contribution in [2.75, 3.05) is 26.2 Å². The lowest BCUT2D eigenvalue weighted by Gasteiger charge is -2.32. The van der Waals surface area contributed by atoms with Gasteiger partial charge in [0.15, 0.2) is 0 Å². The molecule has 0 saturated carbocycles. The molecule has 2 unspecified atom stereocenters. The summed E-state index contributed by atoms with van der Waals surface area (Å²) >= 11 is 0. The van der Waals surface area contributed by atoms with Crippen molar-refractivity contribution < 1.29 is 9.90 Å². The summed E-state index contributed by atoms with van der Waals surface area (Å²) in [5, 5.41) is 12.3. The lowest BCUT2D eigenvalue weighted by Crippen LogP contribution is -2.42. The number of rotatable bonds is 8. The number of hydrogen-bond donors (Lipinski definition) is 2. The van der Waals surface area contributed by atoms with Crippen LogP contribution >= 0.6 is 0 Å². The van der Waals surface area contributed by atoms with E-state index in [1.54, 1.807) is 0 Å². The molecular weight excluding hydrogens is 228 g/mol. The van der Waals surface area contributed by atoms with Crippen LogP contribution in [0.1, 0.15) is 46.0 Å². The van der Waals surface area contributed by atoms with E-state index < -0.39 is 5.97 Å². The monoisotopic (exact) mass is 256 g/mol. The normalized spacial score (nSPS) is 22.9. The summed E-state index contributed by atoms with van der Waals surface area (Å²) in [7, 11) is 0. The Hall–Kier alpha value is -0.610. The number of hydrogen-bond acceptors (Lipinski definition) is 3. The van der Waals surface area contributed by atoms with Crippen molar-refractivity contribution in [3.8, 4) is 0 Å². The number of piperidine rings is 1. The van der Waals surface area contributed by atoms with Gasteiger partial charge >= 0.3 is 5.97 Å². The second kappa shape index (κ2) is 8.48. The van der Waals surface area contributed by atoms with Crippen LogP contribution in [0.25, 0.3) is 0 Å². The molecule has 1 rings (SSSR count). The fourth-order valence-electron chi connectivity index (χ4n) is 2.63. The molecule has 0 amide bonds.